The maximum Gasteiger partial charge on any atom is 0.388 e. The molecule has 0 fully saturated rings. The number of rotatable bonds is 11. The normalized spacial score (nSPS) is 10.6. The molecule has 0 unspecified atom stereocenters. The molecular formula is C14H24Cl2O4. The minimum absolute atomic E-state index is 0.234. The standard InChI is InChI=1S/C14H24Cl2O4/c1-2-3-4-5-6-7-8-9-10-11-12(17)19-20-14(18)13(15)16/h13H,2-11H2,1H3. The Morgan fingerprint density at radius 1 is 0.850 bits per heavy atom. The Balaban J connectivity index is 3.29. The van der Waals surface area contributed by atoms with Crippen LogP contribution in [0.4, 0.5) is 0 Å². The lowest BCUT2D eigenvalue weighted by atomic mass is 10.1. The van der Waals surface area contributed by atoms with Gasteiger partial charge < -0.3 is 0 Å². The summed E-state index contributed by atoms with van der Waals surface area (Å²) in [4.78, 5) is 29.1. The quantitative estimate of drug-likeness (QED) is 0.239. The van der Waals surface area contributed by atoms with Gasteiger partial charge in [0.15, 0.2) is 0 Å². The number of halogens is 2. The molecule has 0 aromatic carbocycles. The molecule has 0 amide bonds. The van der Waals surface area contributed by atoms with Gasteiger partial charge in [-0.3, -0.25) is 0 Å². The summed E-state index contributed by atoms with van der Waals surface area (Å²) in [6.07, 6.45) is 10.7. The minimum atomic E-state index is -1.34. The number of hydrogen-bond donors (Lipinski definition) is 0. The van der Waals surface area contributed by atoms with Crippen LogP contribution >= 0.6 is 23.2 Å². The van der Waals surface area contributed by atoms with E-state index in [0.717, 1.165) is 19.3 Å². The smallest absolute Gasteiger partial charge is 0.247 e. The highest BCUT2D eigenvalue weighted by molar-refractivity contribution is 6.52. The monoisotopic (exact) mass is 326 g/mol. The molecular weight excluding hydrogens is 303 g/mol. The average molecular weight is 327 g/mol. The molecule has 0 N–H and O–H groups in total. The van der Waals surface area contributed by atoms with E-state index in [4.69, 9.17) is 23.2 Å². The Hall–Kier alpha value is -0.480. The zero-order chi connectivity index (χ0) is 15.2. The second-order valence-electron chi connectivity index (χ2n) is 4.74. The number of unbranched alkanes of at least 4 members (excludes halogenated alkanes) is 8. The van der Waals surface area contributed by atoms with Crippen LogP contribution in [-0.4, -0.2) is 16.8 Å². The van der Waals surface area contributed by atoms with Gasteiger partial charge >= 0.3 is 11.9 Å². The van der Waals surface area contributed by atoms with Crippen LogP contribution in [0.2, 0.25) is 0 Å². The van der Waals surface area contributed by atoms with Crippen molar-refractivity contribution in [3.63, 3.8) is 0 Å². The summed E-state index contributed by atoms with van der Waals surface area (Å²) in [5, 5.41) is 0. The second kappa shape index (κ2) is 13.5. The molecule has 0 aliphatic heterocycles. The van der Waals surface area contributed by atoms with E-state index in [1.165, 1.54) is 38.5 Å². The van der Waals surface area contributed by atoms with Crippen LogP contribution in [0.15, 0.2) is 0 Å². The topological polar surface area (TPSA) is 52.6 Å². The summed E-state index contributed by atoms with van der Waals surface area (Å²) in [7, 11) is 0. The predicted octanol–water partition coefficient (Wildman–Crippen LogP) is 4.71. The van der Waals surface area contributed by atoms with Crippen molar-refractivity contribution in [3.8, 4) is 0 Å². The maximum absolute atomic E-state index is 11.2. The Bertz CT molecular complexity index is 270. The molecule has 0 aliphatic carbocycles. The molecule has 0 atom stereocenters. The summed E-state index contributed by atoms with van der Waals surface area (Å²) < 4.78 is 0. The van der Waals surface area contributed by atoms with E-state index in [1.807, 2.05) is 0 Å². The zero-order valence-corrected chi connectivity index (χ0v) is 13.5. The highest BCUT2D eigenvalue weighted by Crippen LogP contribution is 2.11. The van der Waals surface area contributed by atoms with Gasteiger partial charge in [0, 0.05) is 0 Å². The van der Waals surface area contributed by atoms with Crippen LogP contribution in [0.1, 0.15) is 71.1 Å². The van der Waals surface area contributed by atoms with Crippen LogP contribution in [0.25, 0.3) is 0 Å². The number of carbonyl (C=O) groups excluding carboxylic acids is 2. The Labute approximate surface area is 131 Å². The molecule has 0 spiro atoms. The van der Waals surface area contributed by atoms with E-state index in [-0.39, 0.29) is 6.42 Å². The van der Waals surface area contributed by atoms with E-state index in [1.54, 1.807) is 0 Å². The second-order valence-corrected chi connectivity index (χ2v) is 5.83. The van der Waals surface area contributed by atoms with Crippen molar-refractivity contribution in [1.82, 2.24) is 0 Å². The molecule has 4 nitrogen and oxygen atoms in total. The molecule has 6 heteroatoms. The highest BCUT2D eigenvalue weighted by Gasteiger charge is 2.16. The molecule has 0 heterocycles. The molecule has 0 aromatic rings. The minimum Gasteiger partial charge on any atom is -0.247 e. The van der Waals surface area contributed by atoms with Gasteiger partial charge in [0.2, 0.25) is 4.84 Å². The van der Waals surface area contributed by atoms with Crippen molar-refractivity contribution in [1.29, 1.82) is 0 Å². The van der Waals surface area contributed by atoms with Crippen LogP contribution in [-0.2, 0) is 19.4 Å². The Kier molecular flexibility index (Phi) is 13.2. The van der Waals surface area contributed by atoms with Crippen molar-refractivity contribution in [2.24, 2.45) is 0 Å². The van der Waals surface area contributed by atoms with Crippen LogP contribution < -0.4 is 0 Å². The fourth-order valence-electron chi connectivity index (χ4n) is 1.75. The summed E-state index contributed by atoms with van der Waals surface area (Å²) >= 11 is 10.4. The van der Waals surface area contributed by atoms with E-state index in [0.29, 0.717) is 0 Å². The van der Waals surface area contributed by atoms with E-state index in [2.05, 4.69) is 16.7 Å². The molecule has 0 radical (unpaired) electrons. The largest absolute Gasteiger partial charge is 0.388 e. The van der Waals surface area contributed by atoms with Gasteiger partial charge in [-0.1, -0.05) is 81.5 Å². The van der Waals surface area contributed by atoms with Gasteiger partial charge in [-0.05, 0) is 6.42 Å². The van der Waals surface area contributed by atoms with Gasteiger partial charge in [-0.15, -0.1) is 0 Å². The van der Waals surface area contributed by atoms with Crippen molar-refractivity contribution in [3.05, 3.63) is 0 Å². The van der Waals surface area contributed by atoms with E-state index >= 15 is 0 Å². The molecule has 0 rings (SSSR count). The Morgan fingerprint density at radius 3 is 1.85 bits per heavy atom. The first kappa shape index (κ1) is 19.5. The van der Waals surface area contributed by atoms with Crippen molar-refractivity contribution >= 4 is 35.1 Å². The number of carbonyl (C=O) groups is 2. The van der Waals surface area contributed by atoms with Gasteiger partial charge in [0.05, 0.1) is 6.42 Å². The van der Waals surface area contributed by atoms with Gasteiger partial charge in [0.1, 0.15) is 0 Å². The van der Waals surface area contributed by atoms with E-state index in [9.17, 15) is 9.59 Å². The molecule has 0 aromatic heterocycles. The first-order valence-electron chi connectivity index (χ1n) is 7.27. The summed E-state index contributed by atoms with van der Waals surface area (Å²) in [6.45, 7) is 2.21. The molecule has 0 bridgehead atoms. The summed E-state index contributed by atoms with van der Waals surface area (Å²) in [5.74, 6) is -1.55. The molecule has 0 aliphatic rings. The van der Waals surface area contributed by atoms with Crippen LogP contribution in [0.3, 0.4) is 0 Å². The fourth-order valence-corrected chi connectivity index (χ4v) is 1.82. The molecule has 118 valence electrons. The third kappa shape index (κ3) is 12.5. The fraction of sp³-hybridized carbons (Fsp3) is 0.857. The Morgan fingerprint density at radius 2 is 1.35 bits per heavy atom. The summed E-state index contributed by atoms with van der Waals surface area (Å²) in [5.41, 5.74) is 0. The first-order valence-corrected chi connectivity index (χ1v) is 8.14. The summed E-state index contributed by atoms with van der Waals surface area (Å²) in [6, 6.07) is 0. The average Bonchev–Trinajstić information content (AvgIpc) is 2.42. The third-order valence-electron chi connectivity index (χ3n) is 2.88. The molecule has 0 saturated heterocycles. The van der Waals surface area contributed by atoms with Crippen molar-refractivity contribution < 1.29 is 19.4 Å². The molecule has 0 saturated carbocycles. The van der Waals surface area contributed by atoms with Gasteiger partial charge in [-0.2, -0.15) is 0 Å². The van der Waals surface area contributed by atoms with Crippen molar-refractivity contribution in [2.75, 3.05) is 0 Å². The third-order valence-corrected chi connectivity index (χ3v) is 3.24. The van der Waals surface area contributed by atoms with Gasteiger partial charge in [0.25, 0.3) is 0 Å². The lowest BCUT2D eigenvalue weighted by Gasteiger charge is -2.03. The molecule has 20 heavy (non-hydrogen) atoms. The SMILES string of the molecule is CCCCCCCCCCCC(=O)OOC(=O)C(Cl)Cl. The van der Waals surface area contributed by atoms with Crippen molar-refractivity contribution in [2.45, 2.75) is 76.0 Å². The lowest BCUT2D eigenvalue weighted by Crippen LogP contribution is -2.16. The van der Waals surface area contributed by atoms with E-state index < -0.39 is 16.8 Å². The predicted molar refractivity (Wildman–Crippen MR) is 79.5 cm³/mol. The lowest BCUT2D eigenvalue weighted by molar-refractivity contribution is -0.257. The van der Waals surface area contributed by atoms with Crippen LogP contribution in [0.5, 0.6) is 0 Å². The number of hydrogen-bond acceptors (Lipinski definition) is 4. The maximum atomic E-state index is 11.2. The number of alkyl halides is 2. The first-order chi connectivity index (χ1) is 9.57. The van der Waals surface area contributed by atoms with Gasteiger partial charge in [-0.25, -0.2) is 19.4 Å². The zero-order valence-electron chi connectivity index (χ0n) is 12.0. The van der Waals surface area contributed by atoms with Crippen LogP contribution in [0, 0.1) is 0 Å². The highest BCUT2D eigenvalue weighted by atomic mass is 35.5.